The summed E-state index contributed by atoms with van der Waals surface area (Å²) in [6.45, 7) is 0.744. The first kappa shape index (κ1) is 9.92. The van der Waals surface area contributed by atoms with Crippen LogP contribution in [0.3, 0.4) is 0 Å². The molecule has 0 bridgehead atoms. The van der Waals surface area contributed by atoms with Gasteiger partial charge in [0, 0.05) is 5.75 Å². The molecule has 2 rings (SSSR count). The van der Waals surface area contributed by atoms with Gasteiger partial charge in [0.1, 0.15) is 0 Å². The minimum atomic E-state index is 0.493. The van der Waals surface area contributed by atoms with Gasteiger partial charge in [0.25, 0.3) is 0 Å². The Balaban J connectivity index is 2.09. The summed E-state index contributed by atoms with van der Waals surface area (Å²) >= 11 is 1.99. The van der Waals surface area contributed by atoms with E-state index in [1.807, 2.05) is 23.5 Å². The summed E-state index contributed by atoms with van der Waals surface area (Å²) in [5, 5.41) is 14.9. The number of tetrazole rings is 1. The maximum Gasteiger partial charge on any atom is 0.165 e. The molecule has 1 aliphatic rings. The van der Waals surface area contributed by atoms with Crippen molar-refractivity contribution in [3.63, 3.8) is 0 Å². The first-order valence-corrected chi connectivity index (χ1v) is 6.06. The molecule has 1 aromatic rings. The molecule has 0 aromatic carbocycles. The monoisotopic (exact) mass is 213 g/mol. The van der Waals surface area contributed by atoms with Crippen LogP contribution in [0.2, 0.25) is 0 Å². The topological polar surface area (TPSA) is 55.6 Å². The van der Waals surface area contributed by atoms with Crippen LogP contribution in [0.15, 0.2) is 0 Å². The highest BCUT2D eigenvalue weighted by atomic mass is 32.2. The summed E-state index contributed by atoms with van der Waals surface area (Å²) < 4.78 is 1.97. The van der Waals surface area contributed by atoms with E-state index in [9.17, 15) is 0 Å². The number of nitrogens with one attached hydrogen (secondary N) is 1. The van der Waals surface area contributed by atoms with Gasteiger partial charge in [-0.2, -0.15) is 11.8 Å². The first-order chi connectivity index (χ1) is 6.92. The van der Waals surface area contributed by atoms with E-state index in [0.29, 0.717) is 6.04 Å². The van der Waals surface area contributed by atoms with E-state index in [4.69, 9.17) is 0 Å². The lowest BCUT2D eigenvalue weighted by molar-refractivity contribution is 0.425. The fourth-order valence-electron chi connectivity index (χ4n) is 1.69. The van der Waals surface area contributed by atoms with Gasteiger partial charge in [-0.15, -0.1) is 5.10 Å². The number of thioether (sulfide) groups is 1. The highest BCUT2D eigenvalue weighted by Crippen LogP contribution is 2.26. The SMILES string of the molecule is CNCc1nnnn1C1CCCSC1. The van der Waals surface area contributed by atoms with Crippen LogP contribution in [-0.2, 0) is 6.54 Å². The predicted molar refractivity (Wildman–Crippen MR) is 56.2 cm³/mol. The fraction of sp³-hybridized carbons (Fsp3) is 0.875. The molecule has 5 nitrogen and oxygen atoms in total. The third-order valence-corrected chi connectivity index (χ3v) is 3.58. The summed E-state index contributed by atoms with van der Waals surface area (Å²) in [4.78, 5) is 0. The van der Waals surface area contributed by atoms with E-state index in [-0.39, 0.29) is 0 Å². The van der Waals surface area contributed by atoms with Gasteiger partial charge in [-0.1, -0.05) is 0 Å². The number of nitrogens with zero attached hydrogens (tertiary/aromatic N) is 4. The zero-order valence-electron chi connectivity index (χ0n) is 8.31. The van der Waals surface area contributed by atoms with Gasteiger partial charge in [-0.25, -0.2) is 4.68 Å². The molecular weight excluding hydrogens is 198 g/mol. The molecule has 0 aliphatic carbocycles. The molecule has 2 heterocycles. The average Bonchev–Trinajstić information content (AvgIpc) is 2.68. The van der Waals surface area contributed by atoms with Crippen molar-refractivity contribution in [3.05, 3.63) is 5.82 Å². The highest BCUT2D eigenvalue weighted by molar-refractivity contribution is 7.99. The first-order valence-electron chi connectivity index (χ1n) is 4.91. The fourth-order valence-corrected chi connectivity index (χ4v) is 2.80. The summed E-state index contributed by atoms with van der Waals surface area (Å²) in [6, 6.07) is 0.493. The van der Waals surface area contributed by atoms with Gasteiger partial charge in [0.05, 0.1) is 12.6 Å². The third-order valence-electron chi connectivity index (χ3n) is 2.38. The quantitative estimate of drug-likeness (QED) is 0.790. The molecule has 1 unspecified atom stereocenters. The second-order valence-corrected chi connectivity index (χ2v) is 4.59. The molecule has 78 valence electrons. The van der Waals surface area contributed by atoms with E-state index in [1.54, 1.807) is 0 Å². The number of hydrogen-bond donors (Lipinski definition) is 1. The lowest BCUT2D eigenvalue weighted by Crippen LogP contribution is -2.22. The van der Waals surface area contributed by atoms with Crippen molar-refractivity contribution in [1.29, 1.82) is 0 Å². The van der Waals surface area contributed by atoms with Crippen molar-refractivity contribution in [2.45, 2.75) is 25.4 Å². The molecule has 0 saturated carbocycles. The maximum atomic E-state index is 4.06. The van der Waals surface area contributed by atoms with E-state index in [1.165, 1.54) is 18.6 Å². The van der Waals surface area contributed by atoms with Gasteiger partial charge in [-0.05, 0) is 36.1 Å². The molecule has 6 heteroatoms. The normalized spacial score (nSPS) is 22.5. The molecule has 1 N–H and O–H groups in total. The standard InChI is InChI=1S/C8H15N5S/c1-9-5-8-10-11-12-13(8)7-3-2-4-14-6-7/h7,9H,2-6H2,1H3. The Morgan fingerprint density at radius 3 is 3.29 bits per heavy atom. The number of hydrogen-bond acceptors (Lipinski definition) is 5. The largest absolute Gasteiger partial charge is 0.313 e. The van der Waals surface area contributed by atoms with E-state index >= 15 is 0 Å². The molecule has 1 aromatic heterocycles. The van der Waals surface area contributed by atoms with Crippen LogP contribution in [0.25, 0.3) is 0 Å². The van der Waals surface area contributed by atoms with Gasteiger partial charge in [0.2, 0.25) is 0 Å². The van der Waals surface area contributed by atoms with Crippen LogP contribution < -0.4 is 5.32 Å². The molecule has 0 radical (unpaired) electrons. The molecular formula is C8H15N5S. The van der Waals surface area contributed by atoms with Crippen molar-refractivity contribution in [2.75, 3.05) is 18.6 Å². The molecule has 0 spiro atoms. The van der Waals surface area contributed by atoms with Crippen molar-refractivity contribution in [3.8, 4) is 0 Å². The Kier molecular flexibility index (Phi) is 3.36. The molecule has 1 atom stereocenters. The zero-order valence-corrected chi connectivity index (χ0v) is 9.13. The van der Waals surface area contributed by atoms with Crippen molar-refractivity contribution in [2.24, 2.45) is 0 Å². The second kappa shape index (κ2) is 4.75. The van der Waals surface area contributed by atoms with Gasteiger partial charge >= 0.3 is 0 Å². The van der Waals surface area contributed by atoms with E-state index in [0.717, 1.165) is 18.1 Å². The second-order valence-electron chi connectivity index (χ2n) is 3.44. The lowest BCUT2D eigenvalue weighted by atomic mass is 10.2. The molecule has 1 fully saturated rings. The number of aromatic nitrogens is 4. The van der Waals surface area contributed by atoms with Crippen LogP contribution in [0, 0.1) is 0 Å². The maximum absolute atomic E-state index is 4.06. The Morgan fingerprint density at radius 1 is 1.64 bits per heavy atom. The Bertz CT molecular complexity index is 281. The lowest BCUT2D eigenvalue weighted by Gasteiger charge is -2.21. The zero-order chi connectivity index (χ0) is 9.80. The van der Waals surface area contributed by atoms with Gasteiger partial charge in [-0.3, -0.25) is 0 Å². The minimum Gasteiger partial charge on any atom is -0.313 e. The van der Waals surface area contributed by atoms with Crippen molar-refractivity contribution in [1.82, 2.24) is 25.5 Å². The van der Waals surface area contributed by atoms with Gasteiger partial charge in [0.15, 0.2) is 5.82 Å². The molecule has 1 saturated heterocycles. The molecule has 14 heavy (non-hydrogen) atoms. The Labute approximate surface area is 87.6 Å². The smallest absolute Gasteiger partial charge is 0.165 e. The summed E-state index contributed by atoms with van der Waals surface area (Å²) in [5.41, 5.74) is 0. The predicted octanol–water partition coefficient (Wildman–Crippen LogP) is 0.461. The van der Waals surface area contributed by atoms with E-state index in [2.05, 4.69) is 20.8 Å². The van der Waals surface area contributed by atoms with E-state index < -0.39 is 0 Å². The summed E-state index contributed by atoms with van der Waals surface area (Å²) in [6.07, 6.45) is 2.48. The van der Waals surface area contributed by atoms with Crippen molar-refractivity contribution < 1.29 is 0 Å². The van der Waals surface area contributed by atoms with Crippen molar-refractivity contribution >= 4 is 11.8 Å². The Morgan fingerprint density at radius 2 is 2.57 bits per heavy atom. The van der Waals surface area contributed by atoms with Crippen LogP contribution >= 0.6 is 11.8 Å². The summed E-state index contributed by atoms with van der Waals surface area (Å²) in [5.74, 6) is 3.36. The number of rotatable bonds is 3. The third kappa shape index (κ3) is 2.06. The summed E-state index contributed by atoms with van der Waals surface area (Å²) in [7, 11) is 1.91. The Hall–Kier alpha value is -0.620. The van der Waals surface area contributed by atoms with Gasteiger partial charge < -0.3 is 5.32 Å². The average molecular weight is 213 g/mol. The molecule has 0 amide bonds. The van der Waals surface area contributed by atoms with Crippen LogP contribution in [0.1, 0.15) is 24.7 Å². The van der Waals surface area contributed by atoms with Crippen LogP contribution in [0.4, 0.5) is 0 Å². The highest BCUT2D eigenvalue weighted by Gasteiger charge is 2.19. The van der Waals surface area contributed by atoms with Crippen LogP contribution in [-0.4, -0.2) is 38.8 Å². The minimum absolute atomic E-state index is 0.493. The molecule has 1 aliphatic heterocycles. The van der Waals surface area contributed by atoms with Crippen LogP contribution in [0.5, 0.6) is 0 Å².